The number of amides is 1. The molecule has 1 amide bonds. The predicted octanol–water partition coefficient (Wildman–Crippen LogP) is 0.286. The van der Waals surface area contributed by atoms with Gasteiger partial charge in [0, 0.05) is 25.8 Å². The highest BCUT2D eigenvalue weighted by Gasteiger charge is 2.40. The topological polar surface area (TPSA) is 102 Å². The van der Waals surface area contributed by atoms with E-state index in [1.807, 2.05) is 0 Å². The lowest BCUT2D eigenvalue weighted by molar-refractivity contribution is -0.154. The molecule has 1 aromatic rings. The van der Waals surface area contributed by atoms with Crippen LogP contribution in [0, 0.1) is 5.41 Å². The summed E-state index contributed by atoms with van der Waals surface area (Å²) in [5, 5.41) is 15.4. The first-order chi connectivity index (χ1) is 8.64. The maximum atomic E-state index is 11.7. The third-order valence-corrected chi connectivity index (χ3v) is 3.16. The largest absolute Gasteiger partial charge is 0.481 e. The van der Waals surface area contributed by atoms with Crippen LogP contribution in [0.1, 0.15) is 23.3 Å². The summed E-state index contributed by atoms with van der Waals surface area (Å²) in [5.41, 5.74) is -0.805. The Morgan fingerprint density at radius 2 is 2.17 bits per heavy atom. The Bertz CT molecular complexity index is 423. The van der Waals surface area contributed by atoms with E-state index < -0.39 is 17.3 Å². The highest BCUT2D eigenvalue weighted by atomic mass is 16.5. The highest BCUT2D eigenvalue weighted by molar-refractivity contribution is 5.92. The molecule has 0 radical (unpaired) electrons. The van der Waals surface area contributed by atoms with Crippen molar-refractivity contribution >= 4 is 11.9 Å². The molecule has 0 spiro atoms. The number of hydrogen-bond acceptors (Lipinski definition) is 5. The van der Waals surface area contributed by atoms with Gasteiger partial charge in [0.25, 0.3) is 5.91 Å². The SMILES string of the molecule is O=C(NCC1(C(=O)O)CCOCC1)c1ccon1. The number of carbonyl (C=O) groups excluding carboxylic acids is 1. The van der Waals surface area contributed by atoms with Gasteiger partial charge in [-0.05, 0) is 12.8 Å². The molecule has 7 heteroatoms. The fourth-order valence-corrected chi connectivity index (χ4v) is 1.90. The Hall–Kier alpha value is -1.89. The number of rotatable bonds is 4. The average Bonchev–Trinajstić information content (AvgIpc) is 2.91. The van der Waals surface area contributed by atoms with Crippen LogP contribution in [0.25, 0.3) is 0 Å². The van der Waals surface area contributed by atoms with E-state index >= 15 is 0 Å². The molecule has 2 N–H and O–H groups in total. The molecule has 0 aliphatic carbocycles. The van der Waals surface area contributed by atoms with E-state index in [2.05, 4.69) is 15.0 Å². The van der Waals surface area contributed by atoms with Crippen LogP contribution in [0.15, 0.2) is 16.9 Å². The molecule has 7 nitrogen and oxygen atoms in total. The number of ether oxygens (including phenoxy) is 1. The molecular formula is C11H14N2O5. The van der Waals surface area contributed by atoms with Gasteiger partial charge in [-0.3, -0.25) is 9.59 Å². The molecular weight excluding hydrogens is 240 g/mol. The first kappa shape index (κ1) is 12.6. The summed E-state index contributed by atoms with van der Waals surface area (Å²) in [6.07, 6.45) is 2.07. The quantitative estimate of drug-likeness (QED) is 0.800. The second kappa shape index (κ2) is 5.18. The summed E-state index contributed by atoms with van der Waals surface area (Å²) in [6.45, 7) is 0.857. The molecule has 1 aliphatic heterocycles. The zero-order chi connectivity index (χ0) is 13.0. The molecule has 18 heavy (non-hydrogen) atoms. The van der Waals surface area contributed by atoms with E-state index in [4.69, 9.17) is 4.74 Å². The van der Waals surface area contributed by atoms with Gasteiger partial charge in [0.1, 0.15) is 6.26 Å². The van der Waals surface area contributed by atoms with Crippen LogP contribution in [0.2, 0.25) is 0 Å². The molecule has 98 valence electrons. The van der Waals surface area contributed by atoms with Gasteiger partial charge in [-0.25, -0.2) is 0 Å². The van der Waals surface area contributed by atoms with E-state index in [9.17, 15) is 14.7 Å². The number of nitrogens with zero attached hydrogens (tertiary/aromatic N) is 1. The van der Waals surface area contributed by atoms with Crippen molar-refractivity contribution in [3.8, 4) is 0 Å². The standard InChI is InChI=1S/C11H14N2O5/c14-9(8-1-4-18-13-8)12-7-11(10(15)16)2-5-17-6-3-11/h1,4H,2-3,5-7H2,(H,12,14)(H,15,16). The van der Waals surface area contributed by atoms with E-state index in [0.717, 1.165) is 0 Å². The van der Waals surface area contributed by atoms with E-state index in [1.54, 1.807) is 0 Å². The molecule has 1 fully saturated rings. The number of carboxylic acid groups (broad SMARTS) is 1. The molecule has 1 aromatic heterocycles. The maximum absolute atomic E-state index is 11.7. The third kappa shape index (κ3) is 2.51. The molecule has 0 bridgehead atoms. The smallest absolute Gasteiger partial charge is 0.311 e. The Kier molecular flexibility index (Phi) is 3.61. The van der Waals surface area contributed by atoms with Gasteiger partial charge in [-0.1, -0.05) is 5.16 Å². The maximum Gasteiger partial charge on any atom is 0.311 e. The molecule has 2 rings (SSSR count). The van der Waals surface area contributed by atoms with Crippen LogP contribution in [0.5, 0.6) is 0 Å². The van der Waals surface area contributed by atoms with Gasteiger partial charge in [0.15, 0.2) is 5.69 Å². The summed E-state index contributed by atoms with van der Waals surface area (Å²) >= 11 is 0. The first-order valence-electron chi connectivity index (χ1n) is 5.64. The van der Waals surface area contributed by atoms with Gasteiger partial charge in [0.05, 0.1) is 5.41 Å². The van der Waals surface area contributed by atoms with Crippen molar-refractivity contribution in [3.63, 3.8) is 0 Å². The lowest BCUT2D eigenvalue weighted by Gasteiger charge is -2.32. The van der Waals surface area contributed by atoms with Crippen LogP contribution < -0.4 is 5.32 Å². The minimum atomic E-state index is -0.947. The summed E-state index contributed by atoms with van der Waals surface area (Å²) in [7, 11) is 0. The molecule has 0 unspecified atom stereocenters. The molecule has 1 aliphatic rings. The second-order valence-corrected chi connectivity index (χ2v) is 4.27. The first-order valence-corrected chi connectivity index (χ1v) is 5.64. The number of carboxylic acids is 1. The molecule has 0 aromatic carbocycles. The summed E-state index contributed by atoms with van der Waals surface area (Å²) in [6, 6.07) is 1.42. The lowest BCUT2D eigenvalue weighted by Crippen LogP contribution is -2.46. The average molecular weight is 254 g/mol. The molecule has 1 saturated heterocycles. The zero-order valence-corrected chi connectivity index (χ0v) is 9.72. The van der Waals surface area contributed by atoms with Crippen molar-refractivity contribution in [1.82, 2.24) is 10.5 Å². The Morgan fingerprint density at radius 3 is 2.72 bits per heavy atom. The van der Waals surface area contributed by atoms with Crippen LogP contribution in [0.3, 0.4) is 0 Å². The van der Waals surface area contributed by atoms with Crippen molar-refractivity contribution in [2.24, 2.45) is 5.41 Å². The fourth-order valence-electron chi connectivity index (χ4n) is 1.90. The minimum Gasteiger partial charge on any atom is -0.481 e. The number of hydrogen-bond donors (Lipinski definition) is 2. The highest BCUT2D eigenvalue weighted by Crippen LogP contribution is 2.30. The molecule has 2 heterocycles. The number of aromatic nitrogens is 1. The molecule has 0 atom stereocenters. The van der Waals surface area contributed by atoms with Gasteiger partial charge in [-0.15, -0.1) is 0 Å². The second-order valence-electron chi connectivity index (χ2n) is 4.27. The normalized spacial score (nSPS) is 18.2. The Balaban J connectivity index is 1.98. The van der Waals surface area contributed by atoms with Crippen molar-refractivity contribution in [3.05, 3.63) is 18.0 Å². The van der Waals surface area contributed by atoms with Crippen LogP contribution in [0.4, 0.5) is 0 Å². The van der Waals surface area contributed by atoms with Gasteiger partial charge < -0.3 is 19.7 Å². The number of aliphatic carboxylic acids is 1. The van der Waals surface area contributed by atoms with Crippen molar-refractivity contribution in [2.45, 2.75) is 12.8 Å². The lowest BCUT2D eigenvalue weighted by atomic mass is 9.80. The van der Waals surface area contributed by atoms with Gasteiger partial charge in [-0.2, -0.15) is 0 Å². The fraction of sp³-hybridized carbons (Fsp3) is 0.545. The van der Waals surface area contributed by atoms with Crippen LogP contribution >= 0.6 is 0 Å². The van der Waals surface area contributed by atoms with Gasteiger partial charge in [0.2, 0.25) is 0 Å². The Morgan fingerprint density at radius 1 is 1.44 bits per heavy atom. The third-order valence-electron chi connectivity index (χ3n) is 3.16. The van der Waals surface area contributed by atoms with Crippen molar-refractivity contribution < 1.29 is 24.0 Å². The van der Waals surface area contributed by atoms with Crippen LogP contribution in [-0.4, -0.2) is 41.9 Å². The van der Waals surface area contributed by atoms with Crippen molar-refractivity contribution in [2.75, 3.05) is 19.8 Å². The monoisotopic (exact) mass is 254 g/mol. The van der Waals surface area contributed by atoms with E-state index in [0.29, 0.717) is 26.1 Å². The number of carbonyl (C=O) groups is 2. The van der Waals surface area contributed by atoms with Gasteiger partial charge >= 0.3 is 5.97 Å². The minimum absolute atomic E-state index is 0.0669. The summed E-state index contributed by atoms with van der Waals surface area (Å²) < 4.78 is 9.70. The number of nitrogens with one attached hydrogen (secondary N) is 1. The Labute approximate surface area is 103 Å². The summed E-state index contributed by atoms with van der Waals surface area (Å²) in [5.74, 6) is -1.35. The van der Waals surface area contributed by atoms with E-state index in [1.165, 1.54) is 12.3 Å². The predicted molar refractivity (Wildman–Crippen MR) is 59.0 cm³/mol. The zero-order valence-electron chi connectivity index (χ0n) is 9.72. The van der Waals surface area contributed by atoms with Crippen molar-refractivity contribution in [1.29, 1.82) is 0 Å². The van der Waals surface area contributed by atoms with E-state index in [-0.39, 0.29) is 12.2 Å². The summed E-state index contributed by atoms with van der Waals surface area (Å²) in [4.78, 5) is 23.0. The van der Waals surface area contributed by atoms with Crippen LogP contribution in [-0.2, 0) is 9.53 Å². The molecule has 0 saturated carbocycles.